The lowest BCUT2D eigenvalue weighted by Gasteiger charge is -2.36. The molecule has 1 saturated heterocycles. The fraction of sp³-hybridized carbons (Fsp3) is 0.286. The van der Waals surface area contributed by atoms with E-state index in [0.717, 1.165) is 49.5 Å². The molecule has 3 aromatic rings. The second-order valence-corrected chi connectivity index (χ2v) is 9.20. The highest BCUT2D eigenvalue weighted by atomic mass is 16.2. The smallest absolute Gasteiger partial charge is 0.271 e. The molecule has 0 spiro atoms. The second-order valence-electron chi connectivity index (χ2n) is 9.20. The van der Waals surface area contributed by atoms with E-state index in [0.29, 0.717) is 24.5 Å². The van der Waals surface area contributed by atoms with Crippen LogP contribution in [0.2, 0.25) is 0 Å². The first-order valence-corrected chi connectivity index (χ1v) is 12.6. The first kappa shape index (κ1) is 24.3. The fourth-order valence-corrected chi connectivity index (χ4v) is 4.82. The lowest BCUT2D eigenvalue weighted by atomic mass is 10.0. The van der Waals surface area contributed by atoms with Crippen LogP contribution in [0.1, 0.15) is 40.5 Å². The van der Waals surface area contributed by atoms with Crippen molar-refractivity contribution in [1.29, 1.82) is 0 Å². The number of nitrogens with one attached hydrogen (secondary N) is 2. The van der Waals surface area contributed by atoms with Gasteiger partial charge >= 0.3 is 0 Å². The van der Waals surface area contributed by atoms with Crippen molar-refractivity contribution in [3.05, 3.63) is 77.0 Å². The summed E-state index contributed by atoms with van der Waals surface area (Å²) in [6, 6.07) is 16.1. The maximum absolute atomic E-state index is 12.0. The molecule has 2 heterocycles. The van der Waals surface area contributed by atoms with Gasteiger partial charge < -0.3 is 26.2 Å². The number of anilines is 4. The maximum atomic E-state index is 12.0. The van der Waals surface area contributed by atoms with Crippen molar-refractivity contribution in [1.82, 2.24) is 15.1 Å². The number of fused-ring (bicyclic) bond motifs is 1. The van der Waals surface area contributed by atoms with Crippen molar-refractivity contribution in [2.24, 2.45) is 5.73 Å². The van der Waals surface area contributed by atoms with E-state index in [1.54, 1.807) is 6.07 Å². The third-order valence-electron chi connectivity index (χ3n) is 6.85. The van der Waals surface area contributed by atoms with E-state index in [2.05, 4.69) is 50.0 Å². The summed E-state index contributed by atoms with van der Waals surface area (Å²) in [7, 11) is 0. The van der Waals surface area contributed by atoms with Crippen LogP contribution >= 0.6 is 0 Å². The van der Waals surface area contributed by atoms with E-state index in [-0.39, 0.29) is 11.6 Å². The van der Waals surface area contributed by atoms with E-state index in [1.165, 1.54) is 11.1 Å². The topological polar surface area (TPSA) is 116 Å². The Balaban J connectivity index is 1.26. The fourth-order valence-electron chi connectivity index (χ4n) is 4.82. The van der Waals surface area contributed by atoms with Gasteiger partial charge in [0.2, 0.25) is 5.91 Å². The molecule has 5 rings (SSSR count). The summed E-state index contributed by atoms with van der Waals surface area (Å²) in [5, 5.41) is 14.8. The zero-order valence-electron chi connectivity index (χ0n) is 20.9. The Bertz CT molecular complexity index is 1330. The van der Waals surface area contributed by atoms with Gasteiger partial charge in [0.15, 0.2) is 11.5 Å². The number of rotatable bonds is 8. The maximum Gasteiger partial charge on any atom is 0.271 e. The highest BCUT2D eigenvalue weighted by Crippen LogP contribution is 2.26. The first-order valence-electron chi connectivity index (χ1n) is 12.6. The third kappa shape index (κ3) is 5.40. The number of hydrogen-bond acceptors (Lipinski definition) is 7. The molecule has 1 aromatic heterocycles. The van der Waals surface area contributed by atoms with Crippen LogP contribution in [0.25, 0.3) is 6.08 Å². The summed E-state index contributed by atoms with van der Waals surface area (Å²) in [6.45, 7) is 5.54. The summed E-state index contributed by atoms with van der Waals surface area (Å²) in [6.07, 6.45) is 5.77. The Hall–Kier alpha value is -4.40. The Labute approximate surface area is 216 Å². The van der Waals surface area contributed by atoms with Crippen molar-refractivity contribution in [2.75, 3.05) is 41.7 Å². The molecule has 0 radical (unpaired) electrons. The summed E-state index contributed by atoms with van der Waals surface area (Å²) >= 11 is 0. The number of benzene rings is 2. The average Bonchev–Trinajstić information content (AvgIpc) is 3.42. The normalized spacial score (nSPS) is 14.4. The molecule has 9 nitrogen and oxygen atoms in total. The molecule has 2 aliphatic rings. The number of primary amides is 1. The largest absolute Gasteiger partial charge is 0.379 e. The number of allylic oxidation sites excluding steroid dienone is 1. The van der Waals surface area contributed by atoms with E-state index < -0.39 is 5.91 Å². The molecule has 9 heteroatoms. The van der Waals surface area contributed by atoms with Crippen LogP contribution in [0.5, 0.6) is 0 Å². The SMILES string of the molecule is CCC(=O)N1CCN(c2ccc(Nc3cc(NCc4cccc5c4C=CC5)c(C(N)=O)nn3)cc2)CC1. The molecule has 2 aromatic carbocycles. The molecule has 2 amide bonds. The monoisotopic (exact) mass is 497 g/mol. The summed E-state index contributed by atoms with van der Waals surface area (Å²) in [5.41, 5.74) is 11.8. The van der Waals surface area contributed by atoms with E-state index >= 15 is 0 Å². The van der Waals surface area contributed by atoms with Gasteiger partial charge in [-0.05, 0) is 47.4 Å². The predicted molar refractivity (Wildman–Crippen MR) is 146 cm³/mol. The van der Waals surface area contributed by atoms with Crippen LogP contribution < -0.4 is 21.3 Å². The van der Waals surface area contributed by atoms with Crippen molar-refractivity contribution in [2.45, 2.75) is 26.3 Å². The Morgan fingerprint density at radius 3 is 2.54 bits per heavy atom. The predicted octanol–water partition coefficient (Wildman–Crippen LogP) is 3.56. The zero-order valence-corrected chi connectivity index (χ0v) is 20.9. The molecule has 1 fully saturated rings. The van der Waals surface area contributed by atoms with Gasteiger partial charge in [0.25, 0.3) is 5.91 Å². The Kier molecular flexibility index (Phi) is 7.02. The van der Waals surface area contributed by atoms with Crippen LogP contribution in [0.3, 0.4) is 0 Å². The van der Waals surface area contributed by atoms with Gasteiger partial charge in [0.05, 0.1) is 5.69 Å². The second kappa shape index (κ2) is 10.7. The quantitative estimate of drug-likeness (QED) is 0.436. The van der Waals surface area contributed by atoms with Gasteiger partial charge in [-0.15, -0.1) is 10.2 Å². The van der Waals surface area contributed by atoms with Crippen LogP contribution in [0, 0.1) is 0 Å². The van der Waals surface area contributed by atoms with Crippen molar-refractivity contribution in [3.63, 3.8) is 0 Å². The Morgan fingerprint density at radius 1 is 1.03 bits per heavy atom. The molecular formula is C28H31N7O2. The van der Waals surface area contributed by atoms with Gasteiger partial charge in [-0.2, -0.15) is 0 Å². The number of amides is 2. The van der Waals surface area contributed by atoms with E-state index in [9.17, 15) is 9.59 Å². The van der Waals surface area contributed by atoms with Crippen LogP contribution in [-0.2, 0) is 17.8 Å². The van der Waals surface area contributed by atoms with Gasteiger partial charge in [-0.3, -0.25) is 9.59 Å². The molecule has 0 atom stereocenters. The molecule has 1 aliphatic heterocycles. The van der Waals surface area contributed by atoms with Crippen molar-refractivity contribution >= 4 is 40.8 Å². The van der Waals surface area contributed by atoms with E-state index in [4.69, 9.17) is 5.73 Å². The summed E-state index contributed by atoms with van der Waals surface area (Å²) < 4.78 is 0. The number of aromatic nitrogens is 2. The van der Waals surface area contributed by atoms with Gasteiger partial charge in [-0.1, -0.05) is 37.3 Å². The number of nitrogens with two attached hydrogens (primary N) is 1. The minimum Gasteiger partial charge on any atom is -0.379 e. The van der Waals surface area contributed by atoms with Crippen LogP contribution in [0.4, 0.5) is 22.9 Å². The number of carbonyl (C=O) groups excluding carboxylic acids is 2. The standard InChI is InChI=1S/C28H31N7O2/c1-2-26(36)35-15-13-34(14-16-35)22-11-9-21(10-12-22)31-25-17-24(27(28(29)37)33-32-25)30-18-20-7-3-5-19-6-4-8-23(19)20/h3-5,7-12,17H,2,6,13-16,18H2,1H3,(H2,29,37)(H2,30,31,32). The first-order chi connectivity index (χ1) is 18.0. The summed E-state index contributed by atoms with van der Waals surface area (Å²) in [5.74, 6) is 0.0796. The molecular weight excluding hydrogens is 466 g/mol. The van der Waals surface area contributed by atoms with Crippen molar-refractivity contribution < 1.29 is 9.59 Å². The molecule has 0 unspecified atom stereocenters. The Morgan fingerprint density at radius 2 is 1.81 bits per heavy atom. The van der Waals surface area contributed by atoms with Crippen LogP contribution in [0.15, 0.2) is 54.6 Å². The number of carbonyl (C=O) groups is 2. The van der Waals surface area contributed by atoms with E-state index in [1.807, 2.05) is 42.2 Å². The lowest BCUT2D eigenvalue weighted by Crippen LogP contribution is -2.48. The molecule has 0 bridgehead atoms. The number of piperazine rings is 1. The van der Waals surface area contributed by atoms with Crippen LogP contribution in [-0.4, -0.2) is 53.1 Å². The highest BCUT2D eigenvalue weighted by Gasteiger charge is 2.20. The third-order valence-corrected chi connectivity index (χ3v) is 6.85. The zero-order chi connectivity index (χ0) is 25.8. The van der Waals surface area contributed by atoms with Gasteiger partial charge in [-0.25, -0.2) is 0 Å². The molecule has 1 aliphatic carbocycles. The van der Waals surface area contributed by atoms with Crippen molar-refractivity contribution in [3.8, 4) is 0 Å². The number of hydrogen-bond donors (Lipinski definition) is 3. The molecule has 190 valence electrons. The summed E-state index contributed by atoms with van der Waals surface area (Å²) in [4.78, 5) is 28.1. The minimum absolute atomic E-state index is 0.102. The minimum atomic E-state index is -0.634. The highest BCUT2D eigenvalue weighted by molar-refractivity contribution is 5.96. The lowest BCUT2D eigenvalue weighted by molar-refractivity contribution is -0.131. The number of nitrogens with zero attached hydrogens (tertiary/aromatic N) is 4. The van der Waals surface area contributed by atoms with Gasteiger partial charge in [0.1, 0.15) is 0 Å². The molecule has 0 saturated carbocycles. The average molecular weight is 498 g/mol. The molecule has 37 heavy (non-hydrogen) atoms. The molecule has 4 N–H and O–H groups in total. The van der Waals surface area contributed by atoms with Gasteiger partial charge in [0, 0.05) is 56.6 Å².